The van der Waals surface area contributed by atoms with Crippen LogP contribution in [0.25, 0.3) is 11.0 Å². The van der Waals surface area contributed by atoms with Crippen molar-refractivity contribution in [1.29, 1.82) is 0 Å². The molecule has 21 heavy (non-hydrogen) atoms. The Hall–Kier alpha value is -1.49. The highest BCUT2D eigenvalue weighted by Crippen LogP contribution is 2.28. The molecule has 0 fully saturated rings. The van der Waals surface area contributed by atoms with Crippen molar-refractivity contribution in [2.75, 3.05) is 6.26 Å². The van der Waals surface area contributed by atoms with Gasteiger partial charge in [0.1, 0.15) is 5.82 Å². The van der Waals surface area contributed by atoms with E-state index in [2.05, 4.69) is 38.5 Å². The Kier molecular flexibility index (Phi) is 4.33. The van der Waals surface area contributed by atoms with Crippen molar-refractivity contribution in [3.05, 3.63) is 29.6 Å². The van der Waals surface area contributed by atoms with Gasteiger partial charge in [0.25, 0.3) is 0 Å². The lowest BCUT2D eigenvalue weighted by atomic mass is 9.95. The van der Waals surface area contributed by atoms with Gasteiger partial charge in [-0.1, -0.05) is 27.7 Å². The normalized spacial score (nSPS) is 13.6. The van der Waals surface area contributed by atoms with Crippen LogP contribution in [0.2, 0.25) is 0 Å². The maximum Gasteiger partial charge on any atom is 0.335 e. The van der Waals surface area contributed by atoms with Crippen molar-refractivity contribution < 1.29 is 9.90 Å². The molecule has 2 rings (SSSR count). The molecular weight excluding hydrogens is 284 g/mol. The lowest BCUT2D eigenvalue weighted by Gasteiger charge is -2.22. The summed E-state index contributed by atoms with van der Waals surface area (Å²) in [7, 11) is 0. The Morgan fingerprint density at radius 1 is 1.43 bits per heavy atom. The number of aromatic carboxylic acids is 1. The molecule has 1 heterocycles. The highest BCUT2D eigenvalue weighted by atomic mass is 32.2. The van der Waals surface area contributed by atoms with Crippen molar-refractivity contribution in [2.24, 2.45) is 0 Å². The summed E-state index contributed by atoms with van der Waals surface area (Å²) in [6, 6.07) is 5.15. The molecule has 0 aliphatic rings. The molecule has 1 unspecified atom stereocenters. The van der Waals surface area contributed by atoms with E-state index in [1.165, 1.54) is 0 Å². The standard InChI is InChI=1S/C16H22N2O2S/c1-10(21-5)9-18-13-8-11(14(19)20)6-7-12(13)17-15(18)16(2,3)4/h6-8,10H,9H2,1-5H3,(H,19,20). The van der Waals surface area contributed by atoms with Crippen LogP contribution < -0.4 is 0 Å². The fourth-order valence-electron chi connectivity index (χ4n) is 2.34. The maximum absolute atomic E-state index is 11.2. The number of hydrogen-bond acceptors (Lipinski definition) is 3. The smallest absolute Gasteiger partial charge is 0.335 e. The predicted molar refractivity (Wildman–Crippen MR) is 88.4 cm³/mol. The van der Waals surface area contributed by atoms with E-state index in [4.69, 9.17) is 4.98 Å². The van der Waals surface area contributed by atoms with Gasteiger partial charge in [-0.05, 0) is 24.5 Å². The van der Waals surface area contributed by atoms with Crippen LogP contribution in [0.1, 0.15) is 43.9 Å². The largest absolute Gasteiger partial charge is 0.478 e. The lowest BCUT2D eigenvalue weighted by Crippen LogP contribution is -2.21. The molecule has 0 amide bonds. The molecule has 0 bridgehead atoms. The number of carboxylic acids is 1. The highest BCUT2D eigenvalue weighted by molar-refractivity contribution is 7.99. The fourth-order valence-corrected chi connectivity index (χ4v) is 2.64. The van der Waals surface area contributed by atoms with Crippen LogP contribution in [0, 0.1) is 0 Å². The summed E-state index contributed by atoms with van der Waals surface area (Å²) >= 11 is 1.80. The van der Waals surface area contributed by atoms with Gasteiger partial charge in [-0.2, -0.15) is 11.8 Å². The zero-order chi connectivity index (χ0) is 15.8. The Bertz CT molecular complexity index is 671. The Morgan fingerprint density at radius 3 is 2.62 bits per heavy atom. The molecule has 1 aromatic heterocycles. The molecule has 1 atom stereocenters. The first-order valence-corrected chi connectivity index (χ1v) is 8.29. The molecule has 0 saturated carbocycles. The number of carbonyl (C=O) groups is 1. The molecule has 0 saturated heterocycles. The molecule has 0 radical (unpaired) electrons. The Balaban J connectivity index is 2.67. The van der Waals surface area contributed by atoms with Gasteiger partial charge in [-0.25, -0.2) is 9.78 Å². The highest BCUT2D eigenvalue weighted by Gasteiger charge is 2.24. The lowest BCUT2D eigenvalue weighted by molar-refractivity contribution is 0.0697. The van der Waals surface area contributed by atoms with Crippen LogP contribution in [-0.2, 0) is 12.0 Å². The van der Waals surface area contributed by atoms with Crippen LogP contribution in [0.4, 0.5) is 0 Å². The zero-order valence-electron chi connectivity index (χ0n) is 13.2. The summed E-state index contributed by atoms with van der Waals surface area (Å²) in [5.74, 6) is 0.0980. The minimum Gasteiger partial charge on any atom is -0.478 e. The molecule has 0 aliphatic carbocycles. The summed E-state index contributed by atoms with van der Waals surface area (Å²) in [5, 5.41) is 9.64. The third kappa shape index (κ3) is 3.23. The monoisotopic (exact) mass is 306 g/mol. The summed E-state index contributed by atoms with van der Waals surface area (Å²) in [6.45, 7) is 9.39. The second-order valence-corrected chi connectivity index (χ2v) is 7.63. The third-order valence-electron chi connectivity index (χ3n) is 3.51. The van der Waals surface area contributed by atoms with E-state index in [1.54, 1.807) is 30.0 Å². The first-order chi connectivity index (χ1) is 9.74. The van der Waals surface area contributed by atoms with Gasteiger partial charge >= 0.3 is 5.97 Å². The molecule has 5 heteroatoms. The minimum absolute atomic E-state index is 0.0828. The van der Waals surface area contributed by atoms with Crippen molar-refractivity contribution in [3.63, 3.8) is 0 Å². The average molecular weight is 306 g/mol. The number of hydrogen-bond donors (Lipinski definition) is 1. The van der Waals surface area contributed by atoms with E-state index in [-0.39, 0.29) is 5.41 Å². The second-order valence-electron chi connectivity index (χ2n) is 6.35. The van der Waals surface area contributed by atoms with Gasteiger partial charge in [0.2, 0.25) is 0 Å². The van der Waals surface area contributed by atoms with Crippen LogP contribution in [0.3, 0.4) is 0 Å². The number of fused-ring (bicyclic) bond motifs is 1. The Morgan fingerprint density at radius 2 is 2.10 bits per heavy atom. The van der Waals surface area contributed by atoms with Gasteiger partial charge in [0.15, 0.2) is 0 Å². The van der Waals surface area contributed by atoms with Crippen molar-refractivity contribution in [3.8, 4) is 0 Å². The fraction of sp³-hybridized carbons (Fsp3) is 0.500. The number of thioether (sulfide) groups is 1. The molecular formula is C16H22N2O2S. The maximum atomic E-state index is 11.2. The van der Waals surface area contributed by atoms with Gasteiger partial charge in [0.05, 0.1) is 16.6 Å². The van der Waals surface area contributed by atoms with Crippen LogP contribution in [0.15, 0.2) is 18.2 Å². The number of carboxylic acid groups (broad SMARTS) is 1. The molecule has 1 N–H and O–H groups in total. The summed E-state index contributed by atoms with van der Waals surface area (Å²) < 4.78 is 2.17. The molecule has 114 valence electrons. The number of nitrogens with zero attached hydrogens (tertiary/aromatic N) is 2. The number of aromatic nitrogens is 2. The van der Waals surface area contributed by atoms with E-state index >= 15 is 0 Å². The number of rotatable bonds is 4. The quantitative estimate of drug-likeness (QED) is 0.934. The molecule has 0 spiro atoms. The van der Waals surface area contributed by atoms with Gasteiger partial charge in [0, 0.05) is 17.2 Å². The average Bonchev–Trinajstić information content (AvgIpc) is 2.76. The van der Waals surface area contributed by atoms with E-state index < -0.39 is 5.97 Å². The second kappa shape index (κ2) is 5.72. The van der Waals surface area contributed by atoms with Crippen molar-refractivity contribution in [1.82, 2.24) is 9.55 Å². The Labute approximate surface area is 129 Å². The predicted octanol–water partition coefficient (Wildman–Crippen LogP) is 3.78. The van der Waals surface area contributed by atoms with Crippen molar-refractivity contribution >= 4 is 28.8 Å². The summed E-state index contributed by atoms with van der Waals surface area (Å²) in [6.07, 6.45) is 2.09. The van der Waals surface area contributed by atoms with E-state index in [0.717, 1.165) is 23.4 Å². The van der Waals surface area contributed by atoms with Crippen LogP contribution in [-0.4, -0.2) is 32.1 Å². The first-order valence-electron chi connectivity index (χ1n) is 7.01. The minimum atomic E-state index is -0.903. The first kappa shape index (κ1) is 15.9. The van der Waals surface area contributed by atoms with Crippen LogP contribution in [0.5, 0.6) is 0 Å². The van der Waals surface area contributed by atoms with Gasteiger partial charge < -0.3 is 9.67 Å². The molecule has 0 aliphatic heterocycles. The number of benzene rings is 1. The molecule has 4 nitrogen and oxygen atoms in total. The van der Waals surface area contributed by atoms with Gasteiger partial charge in [-0.3, -0.25) is 0 Å². The topological polar surface area (TPSA) is 55.1 Å². The third-order valence-corrected chi connectivity index (χ3v) is 4.46. The van der Waals surface area contributed by atoms with Gasteiger partial charge in [-0.15, -0.1) is 0 Å². The SMILES string of the molecule is CSC(C)Cn1c(C(C)(C)C)nc2ccc(C(=O)O)cc21. The van der Waals surface area contributed by atoms with Crippen molar-refractivity contribution in [2.45, 2.75) is 44.9 Å². The van der Waals surface area contributed by atoms with E-state index in [1.807, 2.05) is 0 Å². The van der Waals surface area contributed by atoms with E-state index in [9.17, 15) is 9.90 Å². The van der Waals surface area contributed by atoms with Crippen LogP contribution >= 0.6 is 11.8 Å². The number of imidazole rings is 1. The molecule has 1 aromatic carbocycles. The summed E-state index contributed by atoms with van der Waals surface area (Å²) in [5.41, 5.74) is 1.99. The van der Waals surface area contributed by atoms with E-state index in [0.29, 0.717) is 10.8 Å². The summed E-state index contributed by atoms with van der Waals surface area (Å²) in [4.78, 5) is 15.9. The molecule has 2 aromatic rings. The zero-order valence-corrected chi connectivity index (χ0v) is 14.0.